The summed E-state index contributed by atoms with van der Waals surface area (Å²) in [5, 5.41) is 0. The van der Waals surface area contributed by atoms with Gasteiger partial charge in [0.05, 0.1) is 34.2 Å². The predicted molar refractivity (Wildman–Crippen MR) is 274 cm³/mol. The Balaban J connectivity index is 0.845. The lowest BCUT2D eigenvalue weighted by atomic mass is 9.96. The van der Waals surface area contributed by atoms with E-state index in [1.165, 1.54) is 5.56 Å². The lowest BCUT2D eigenvalue weighted by Gasteiger charge is -2.12. The van der Waals surface area contributed by atoms with Gasteiger partial charge in [0, 0.05) is 33.4 Å². The lowest BCUT2D eigenvalue weighted by Crippen LogP contribution is -1.91. The molecule has 0 N–H and O–H groups in total. The molecule has 3 heterocycles. The van der Waals surface area contributed by atoms with E-state index in [9.17, 15) is 0 Å². The largest absolute Gasteiger partial charge is 0.248 e. The van der Waals surface area contributed by atoms with Crippen molar-refractivity contribution in [2.24, 2.45) is 0 Å². The van der Waals surface area contributed by atoms with Gasteiger partial charge >= 0.3 is 0 Å². The van der Waals surface area contributed by atoms with E-state index in [4.69, 9.17) is 15.0 Å². The van der Waals surface area contributed by atoms with Gasteiger partial charge < -0.3 is 0 Å². The summed E-state index contributed by atoms with van der Waals surface area (Å²) in [5.74, 6) is 0. The Hall–Kier alpha value is -8.79. The standard InChI is InChI=1S/C63H43N3/c1-5-16-44(17-6-1)56-40-60(48-18-7-2-8-19-48)66-63(41-56)51-36-34-46(35-37-51)53-25-14-27-55(39-53)59-29-15-28-58(64-59)54-26-13-24-52(38-54)45-30-32-47(33-31-45)57-42-61(49-20-9-3-10-21-49)65-62(43-57)50-22-11-4-12-23-50/h1-43H. The van der Waals surface area contributed by atoms with Gasteiger partial charge in [-0.15, -0.1) is 0 Å². The molecule has 310 valence electrons. The van der Waals surface area contributed by atoms with Crippen molar-refractivity contribution in [2.45, 2.75) is 0 Å². The number of benzene rings is 8. The fraction of sp³-hybridized carbons (Fsp3) is 0. The van der Waals surface area contributed by atoms with Crippen LogP contribution in [0.3, 0.4) is 0 Å². The zero-order valence-electron chi connectivity index (χ0n) is 36.2. The average Bonchev–Trinajstić information content (AvgIpc) is 3.42. The molecule has 3 heteroatoms. The maximum atomic E-state index is 5.21. The summed E-state index contributed by atoms with van der Waals surface area (Å²) in [5.41, 5.74) is 21.3. The Labute approximate surface area is 386 Å². The fourth-order valence-electron chi connectivity index (χ4n) is 8.60. The number of hydrogen-bond donors (Lipinski definition) is 0. The quantitative estimate of drug-likeness (QED) is 0.138. The minimum Gasteiger partial charge on any atom is -0.248 e. The number of hydrogen-bond acceptors (Lipinski definition) is 3. The second-order valence-electron chi connectivity index (χ2n) is 16.4. The van der Waals surface area contributed by atoms with Crippen LogP contribution in [0.1, 0.15) is 0 Å². The Kier molecular flexibility index (Phi) is 11.0. The van der Waals surface area contributed by atoms with E-state index in [0.29, 0.717) is 0 Å². The van der Waals surface area contributed by atoms with Crippen LogP contribution < -0.4 is 0 Å². The molecule has 0 bridgehead atoms. The normalized spacial score (nSPS) is 11.0. The molecular weight excluding hydrogens is 799 g/mol. The van der Waals surface area contributed by atoms with E-state index in [0.717, 1.165) is 106 Å². The summed E-state index contributed by atoms with van der Waals surface area (Å²) < 4.78 is 0. The van der Waals surface area contributed by atoms with Crippen LogP contribution in [-0.4, -0.2) is 15.0 Å². The molecule has 66 heavy (non-hydrogen) atoms. The molecule has 8 aromatic carbocycles. The first-order chi connectivity index (χ1) is 32.7. The van der Waals surface area contributed by atoms with Crippen molar-refractivity contribution in [3.05, 3.63) is 261 Å². The van der Waals surface area contributed by atoms with Gasteiger partial charge in [0.2, 0.25) is 0 Å². The van der Waals surface area contributed by atoms with Crippen LogP contribution in [0.5, 0.6) is 0 Å². The molecular formula is C63H43N3. The molecule has 0 radical (unpaired) electrons. The molecule has 0 amide bonds. The highest BCUT2D eigenvalue weighted by molar-refractivity contribution is 5.81. The second kappa shape index (κ2) is 18.1. The molecule has 11 aromatic rings. The van der Waals surface area contributed by atoms with Crippen LogP contribution in [0.2, 0.25) is 0 Å². The first-order valence-electron chi connectivity index (χ1n) is 22.3. The summed E-state index contributed by atoms with van der Waals surface area (Å²) in [7, 11) is 0. The molecule has 3 aromatic heterocycles. The smallest absolute Gasteiger partial charge is 0.0715 e. The Morgan fingerprint density at radius 1 is 0.136 bits per heavy atom. The van der Waals surface area contributed by atoms with Crippen LogP contribution in [0.15, 0.2) is 261 Å². The number of pyridine rings is 3. The molecule has 0 fully saturated rings. The topological polar surface area (TPSA) is 38.7 Å². The van der Waals surface area contributed by atoms with Crippen LogP contribution in [0.4, 0.5) is 0 Å². The van der Waals surface area contributed by atoms with Crippen LogP contribution in [-0.2, 0) is 0 Å². The summed E-state index contributed by atoms with van der Waals surface area (Å²) in [6, 6.07) is 91.6. The minimum atomic E-state index is 0.929. The molecule has 0 saturated heterocycles. The summed E-state index contributed by atoms with van der Waals surface area (Å²) in [6.45, 7) is 0. The monoisotopic (exact) mass is 841 g/mol. The molecule has 0 unspecified atom stereocenters. The van der Waals surface area contributed by atoms with Gasteiger partial charge in [-0.3, -0.25) is 0 Å². The molecule has 0 aliphatic heterocycles. The van der Waals surface area contributed by atoms with Crippen molar-refractivity contribution in [1.82, 2.24) is 15.0 Å². The Morgan fingerprint density at radius 2 is 0.379 bits per heavy atom. The highest BCUT2D eigenvalue weighted by Gasteiger charge is 2.13. The van der Waals surface area contributed by atoms with Crippen molar-refractivity contribution >= 4 is 0 Å². The van der Waals surface area contributed by atoms with E-state index in [-0.39, 0.29) is 0 Å². The molecule has 0 aliphatic rings. The van der Waals surface area contributed by atoms with E-state index < -0.39 is 0 Å². The zero-order valence-corrected chi connectivity index (χ0v) is 36.2. The molecule has 0 atom stereocenters. The second-order valence-corrected chi connectivity index (χ2v) is 16.4. The van der Waals surface area contributed by atoms with Crippen molar-refractivity contribution in [1.29, 1.82) is 0 Å². The fourth-order valence-corrected chi connectivity index (χ4v) is 8.60. The number of aromatic nitrogens is 3. The molecule has 0 spiro atoms. The van der Waals surface area contributed by atoms with E-state index >= 15 is 0 Å². The summed E-state index contributed by atoms with van der Waals surface area (Å²) in [6.07, 6.45) is 0. The van der Waals surface area contributed by atoms with E-state index in [1.54, 1.807) is 0 Å². The van der Waals surface area contributed by atoms with Gasteiger partial charge in [0.1, 0.15) is 0 Å². The third-order valence-corrected chi connectivity index (χ3v) is 12.1. The molecule has 11 rings (SSSR count). The van der Waals surface area contributed by atoms with E-state index in [2.05, 4.69) is 243 Å². The number of rotatable bonds is 10. The third-order valence-electron chi connectivity index (χ3n) is 12.1. The van der Waals surface area contributed by atoms with Gasteiger partial charge in [-0.05, 0) is 93.0 Å². The van der Waals surface area contributed by atoms with Gasteiger partial charge in [-0.1, -0.05) is 212 Å². The van der Waals surface area contributed by atoms with Crippen molar-refractivity contribution in [3.8, 4) is 112 Å². The van der Waals surface area contributed by atoms with Gasteiger partial charge in [-0.2, -0.15) is 0 Å². The predicted octanol–water partition coefficient (Wildman–Crippen LogP) is 16.5. The van der Waals surface area contributed by atoms with Crippen LogP contribution in [0.25, 0.3) is 112 Å². The van der Waals surface area contributed by atoms with Gasteiger partial charge in [0.25, 0.3) is 0 Å². The zero-order chi connectivity index (χ0) is 44.1. The number of nitrogens with zero attached hydrogens (tertiary/aromatic N) is 3. The highest BCUT2D eigenvalue weighted by atomic mass is 14.7. The van der Waals surface area contributed by atoms with Gasteiger partial charge in [-0.25, -0.2) is 15.0 Å². The lowest BCUT2D eigenvalue weighted by molar-refractivity contribution is 1.32. The average molecular weight is 842 g/mol. The van der Waals surface area contributed by atoms with Crippen molar-refractivity contribution in [3.63, 3.8) is 0 Å². The SMILES string of the molecule is c1ccc(-c2cc(-c3ccccc3)nc(-c3ccc(-c4cccc(-c5cccc(-c6cccc(-c7ccc(-c8cc(-c9ccccc9)nc(-c9ccccc9)c8)cc7)c6)n5)c4)cc3)c2)cc1. The summed E-state index contributed by atoms with van der Waals surface area (Å²) >= 11 is 0. The Morgan fingerprint density at radius 3 is 0.758 bits per heavy atom. The van der Waals surface area contributed by atoms with Crippen molar-refractivity contribution in [2.75, 3.05) is 0 Å². The van der Waals surface area contributed by atoms with Crippen molar-refractivity contribution < 1.29 is 0 Å². The van der Waals surface area contributed by atoms with Crippen LogP contribution in [0, 0.1) is 0 Å². The Bertz CT molecular complexity index is 3080. The highest BCUT2D eigenvalue weighted by Crippen LogP contribution is 2.35. The van der Waals surface area contributed by atoms with Crippen LogP contribution >= 0.6 is 0 Å². The molecule has 3 nitrogen and oxygen atoms in total. The first-order valence-corrected chi connectivity index (χ1v) is 22.3. The van der Waals surface area contributed by atoms with Gasteiger partial charge in [0.15, 0.2) is 0 Å². The summed E-state index contributed by atoms with van der Waals surface area (Å²) in [4.78, 5) is 15.4. The van der Waals surface area contributed by atoms with E-state index in [1.807, 2.05) is 18.2 Å². The maximum absolute atomic E-state index is 5.21. The molecule has 0 saturated carbocycles. The minimum absolute atomic E-state index is 0.929. The first kappa shape index (κ1) is 40.0. The third kappa shape index (κ3) is 8.62. The molecule has 0 aliphatic carbocycles. The maximum Gasteiger partial charge on any atom is 0.0715 e.